The number of carbonyl (C=O) groups is 1. The van der Waals surface area contributed by atoms with Gasteiger partial charge < -0.3 is 30.1 Å². The smallest absolute Gasteiger partial charge is 0.247 e. The summed E-state index contributed by atoms with van der Waals surface area (Å²) in [6.45, 7) is 6.77. The van der Waals surface area contributed by atoms with E-state index in [0.717, 1.165) is 38.3 Å². The van der Waals surface area contributed by atoms with Gasteiger partial charge in [-0.1, -0.05) is 18.2 Å². The Hall–Kier alpha value is -3.34. The molecule has 1 amide bonds. The van der Waals surface area contributed by atoms with Gasteiger partial charge in [0.1, 0.15) is 10.8 Å². The minimum atomic E-state index is -0.304. The largest absolute Gasteiger partial charge is 0.494 e. The van der Waals surface area contributed by atoms with Crippen LogP contribution in [0.15, 0.2) is 42.4 Å². The molecule has 0 aliphatic carbocycles. The number of methoxy groups -OCH3 is 1. The molecule has 0 atom stereocenters. The molecule has 0 spiro atoms. The van der Waals surface area contributed by atoms with Gasteiger partial charge in [0.2, 0.25) is 11.9 Å². The monoisotopic (exact) mass is 541 g/mol. The number of fused-ring (bicyclic) bond motifs is 1. The molecule has 2 N–H and O–H groups in total. The molecule has 196 valence electrons. The van der Waals surface area contributed by atoms with Crippen molar-refractivity contribution in [1.82, 2.24) is 14.9 Å². The highest BCUT2D eigenvalue weighted by molar-refractivity contribution is 7.10. The second-order valence-corrected chi connectivity index (χ2v) is 10.4. The highest BCUT2D eigenvalue weighted by Crippen LogP contribution is 2.38. The van der Waals surface area contributed by atoms with Crippen molar-refractivity contribution >= 4 is 57.7 Å². The fourth-order valence-electron chi connectivity index (χ4n) is 4.10. The zero-order chi connectivity index (χ0) is 26.5. The third kappa shape index (κ3) is 6.33. The molecule has 37 heavy (non-hydrogen) atoms. The molecule has 9 nitrogen and oxygen atoms in total. The number of likely N-dealkylation sites (N-methyl/N-ethyl adjacent to an activating group) is 2. The average Bonchev–Trinajstić information content (AvgIpc) is 3.36. The van der Waals surface area contributed by atoms with Gasteiger partial charge in [0.15, 0.2) is 5.82 Å². The lowest BCUT2D eigenvalue weighted by Gasteiger charge is -2.29. The number of amides is 1. The molecular weight excluding hydrogens is 510 g/mol. The Bertz CT molecular complexity index is 1280. The fourth-order valence-corrected chi connectivity index (χ4v) is 5.20. The van der Waals surface area contributed by atoms with Gasteiger partial charge in [0.25, 0.3) is 0 Å². The average molecular weight is 542 g/mol. The van der Waals surface area contributed by atoms with Crippen molar-refractivity contribution in [1.29, 1.82) is 0 Å². The van der Waals surface area contributed by atoms with Gasteiger partial charge in [0, 0.05) is 44.2 Å². The van der Waals surface area contributed by atoms with Gasteiger partial charge in [0.05, 0.1) is 30.4 Å². The Balaban J connectivity index is 1.64. The molecule has 0 saturated heterocycles. The highest BCUT2D eigenvalue weighted by atomic mass is 35.5. The summed E-state index contributed by atoms with van der Waals surface area (Å²) in [7, 11) is 7.62. The quantitative estimate of drug-likeness (QED) is 0.359. The van der Waals surface area contributed by atoms with Gasteiger partial charge in [-0.05, 0) is 49.7 Å². The Morgan fingerprint density at radius 3 is 2.84 bits per heavy atom. The first-order valence-corrected chi connectivity index (χ1v) is 13.2. The molecule has 4 rings (SSSR count). The van der Waals surface area contributed by atoms with E-state index in [4.69, 9.17) is 21.3 Å². The predicted molar refractivity (Wildman–Crippen MR) is 153 cm³/mol. The number of thiophene rings is 1. The van der Waals surface area contributed by atoms with Crippen LogP contribution in [-0.2, 0) is 17.8 Å². The molecule has 0 bridgehead atoms. The lowest BCUT2D eigenvalue weighted by atomic mass is 10.1. The van der Waals surface area contributed by atoms with Crippen LogP contribution >= 0.6 is 22.9 Å². The van der Waals surface area contributed by atoms with Crippen molar-refractivity contribution in [3.8, 4) is 5.75 Å². The van der Waals surface area contributed by atoms with E-state index in [2.05, 4.69) is 48.3 Å². The first-order chi connectivity index (χ1) is 17.8. The van der Waals surface area contributed by atoms with E-state index in [1.807, 2.05) is 33.3 Å². The van der Waals surface area contributed by atoms with Crippen LogP contribution < -0.4 is 25.2 Å². The number of hydrogen-bond acceptors (Lipinski definition) is 9. The van der Waals surface area contributed by atoms with Crippen molar-refractivity contribution < 1.29 is 9.53 Å². The molecule has 0 radical (unpaired) electrons. The minimum Gasteiger partial charge on any atom is -0.494 e. The van der Waals surface area contributed by atoms with Crippen molar-refractivity contribution in [2.75, 3.05) is 68.3 Å². The molecule has 1 aliphatic rings. The summed E-state index contributed by atoms with van der Waals surface area (Å²) in [5.41, 5.74) is 3.35. The van der Waals surface area contributed by atoms with Crippen LogP contribution in [-0.4, -0.2) is 68.7 Å². The van der Waals surface area contributed by atoms with Crippen molar-refractivity contribution in [3.05, 3.63) is 57.9 Å². The number of carbonyl (C=O) groups excluding carboxylic acids is 1. The molecule has 3 aromatic rings. The predicted octanol–water partition coefficient (Wildman–Crippen LogP) is 4.63. The van der Waals surface area contributed by atoms with Crippen molar-refractivity contribution in [2.45, 2.75) is 13.0 Å². The first kappa shape index (κ1) is 26.7. The summed E-state index contributed by atoms with van der Waals surface area (Å²) < 4.78 is 5.70. The molecule has 0 saturated carbocycles. The molecule has 2 aromatic heterocycles. The number of aromatic nitrogens is 2. The van der Waals surface area contributed by atoms with Gasteiger partial charge in [-0.3, -0.25) is 4.79 Å². The normalized spacial score (nSPS) is 12.8. The van der Waals surface area contributed by atoms with Crippen LogP contribution in [0.5, 0.6) is 5.75 Å². The topological polar surface area (TPSA) is 85.9 Å². The summed E-state index contributed by atoms with van der Waals surface area (Å²) >= 11 is 8.31. The SMILES string of the molecule is C=CC(=O)Nc1cc(Nc2ncc(Cl)c(N3CCc4sccc4C3)n2)c(OC)cc1N(C)CCN(C)C. The van der Waals surface area contributed by atoms with Crippen molar-refractivity contribution in [3.63, 3.8) is 0 Å². The number of anilines is 5. The standard InChI is InChI=1S/C26H32ClN7O2S/c1-6-24(35)29-19-13-20(22(36-5)14-21(19)33(4)11-10-32(2)3)30-26-28-15-18(27)25(31-26)34-9-7-23-17(16-34)8-12-37-23/h6,8,12-15H,1,7,9-11,16H2,2-5H3,(H,29,35)(H,28,30,31). The van der Waals surface area contributed by atoms with Crippen LogP contribution in [0.1, 0.15) is 10.4 Å². The van der Waals surface area contributed by atoms with Crippen LogP contribution in [0, 0.1) is 0 Å². The lowest BCUT2D eigenvalue weighted by molar-refractivity contribution is -0.111. The Labute approximate surface area is 226 Å². The summed E-state index contributed by atoms with van der Waals surface area (Å²) in [4.78, 5) is 29.1. The second-order valence-electron chi connectivity index (χ2n) is 9.02. The van der Waals surface area contributed by atoms with Gasteiger partial charge in [-0.15, -0.1) is 11.3 Å². The van der Waals surface area contributed by atoms with Crippen LogP contribution in [0.4, 0.5) is 28.8 Å². The van der Waals surface area contributed by atoms with E-state index in [1.165, 1.54) is 16.5 Å². The van der Waals surface area contributed by atoms with E-state index >= 15 is 0 Å². The van der Waals surface area contributed by atoms with E-state index in [-0.39, 0.29) is 5.91 Å². The molecule has 0 fully saturated rings. The summed E-state index contributed by atoms with van der Waals surface area (Å²) in [5.74, 6) is 1.34. The first-order valence-electron chi connectivity index (χ1n) is 11.9. The number of nitrogens with zero attached hydrogens (tertiary/aromatic N) is 5. The van der Waals surface area contributed by atoms with Crippen LogP contribution in [0.2, 0.25) is 5.02 Å². The van der Waals surface area contributed by atoms with Gasteiger partial charge in [-0.25, -0.2) is 4.98 Å². The van der Waals surface area contributed by atoms with Crippen LogP contribution in [0.3, 0.4) is 0 Å². The summed E-state index contributed by atoms with van der Waals surface area (Å²) in [6, 6.07) is 5.86. The van der Waals surface area contributed by atoms with Crippen molar-refractivity contribution in [2.24, 2.45) is 0 Å². The number of hydrogen-bond donors (Lipinski definition) is 2. The second kappa shape index (κ2) is 11.8. The Morgan fingerprint density at radius 1 is 1.30 bits per heavy atom. The van der Waals surface area contributed by atoms with E-state index < -0.39 is 0 Å². The number of nitrogens with one attached hydrogen (secondary N) is 2. The summed E-state index contributed by atoms with van der Waals surface area (Å²) in [6.07, 6.45) is 3.80. The van der Waals surface area contributed by atoms with E-state index in [0.29, 0.717) is 33.9 Å². The summed E-state index contributed by atoms with van der Waals surface area (Å²) in [5, 5.41) is 8.78. The zero-order valence-electron chi connectivity index (χ0n) is 21.5. The van der Waals surface area contributed by atoms with Gasteiger partial charge in [-0.2, -0.15) is 4.98 Å². The van der Waals surface area contributed by atoms with Gasteiger partial charge >= 0.3 is 0 Å². The lowest BCUT2D eigenvalue weighted by Crippen LogP contribution is -2.30. The van der Waals surface area contributed by atoms with E-state index in [9.17, 15) is 4.79 Å². The van der Waals surface area contributed by atoms with Crippen LogP contribution in [0.25, 0.3) is 0 Å². The zero-order valence-corrected chi connectivity index (χ0v) is 23.1. The molecular formula is C26H32ClN7O2S. The third-order valence-corrected chi connectivity index (χ3v) is 7.42. The number of ether oxygens (including phenoxy) is 1. The Morgan fingerprint density at radius 2 is 2.11 bits per heavy atom. The maximum atomic E-state index is 12.2. The highest BCUT2D eigenvalue weighted by Gasteiger charge is 2.22. The Kier molecular flexibility index (Phi) is 8.52. The molecule has 0 unspecified atom stereocenters. The molecule has 3 heterocycles. The van der Waals surface area contributed by atoms with E-state index in [1.54, 1.807) is 24.6 Å². The number of rotatable bonds is 10. The molecule has 1 aromatic carbocycles. The molecule has 1 aliphatic heterocycles. The third-order valence-electron chi connectivity index (χ3n) is 6.13. The maximum absolute atomic E-state index is 12.2. The minimum absolute atomic E-state index is 0.304. The fraction of sp³-hybridized carbons (Fsp3) is 0.346. The number of halogens is 1. The maximum Gasteiger partial charge on any atom is 0.247 e. The number of benzene rings is 1. The molecule has 11 heteroatoms.